The van der Waals surface area contributed by atoms with Crippen LogP contribution in [0, 0.1) is 0 Å². The van der Waals surface area contributed by atoms with Crippen LogP contribution in [0.1, 0.15) is 60.0 Å². The third kappa shape index (κ3) is 3.43. The van der Waals surface area contributed by atoms with Crippen LogP contribution < -0.4 is 9.64 Å². The van der Waals surface area contributed by atoms with Crippen molar-refractivity contribution in [1.82, 2.24) is 14.7 Å². The summed E-state index contributed by atoms with van der Waals surface area (Å²) in [6.07, 6.45) is 0. The van der Waals surface area contributed by atoms with Gasteiger partial charge in [-0.2, -0.15) is 5.10 Å². The Bertz CT molecular complexity index is 1300. The van der Waals surface area contributed by atoms with E-state index in [1.165, 1.54) is 0 Å². The highest BCUT2D eigenvalue weighted by Crippen LogP contribution is 2.57. The number of halogens is 2. The molecule has 1 aromatic heterocycles. The summed E-state index contributed by atoms with van der Waals surface area (Å²) in [5.41, 5.74) is 5.93. The highest BCUT2D eigenvalue weighted by atomic mass is 35.5. The molecule has 0 saturated heterocycles. The molecule has 1 atom stereocenters. The van der Waals surface area contributed by atoms with Crippen molar-refractivity contribution in [2.24, 2.45) is 0 Å². The third-order valence-electron chi connectivity index (χ3n) is 6.54. The molecule has 2 aromatic carbocycles. The number of ether oxygens (including phenoxy) is 1. The Balaban J connectivity index is 1.78. The second-order valence-electron chi connectivity index (χ2n) is 9.35. The third-order valence-corrected chi connectivity index (χ3v) is 7.09. The van der Waals surface area contributed by atoms with Crippen molar-refractivity contribution in [3.63, 3.8) is 0 Å². The molecule has 0 saturated carbocycles. The molecular formula is C26H28Cl2N4O2. The van der Waals surface area contributed by atoms with Gasteiger partial charge in [0.2, 0.25) is 0 Å². The van der Waals surface area contributed by atoms with Gasteiger partial charge in [0, 0.05) is 34.9 Å². The number of amides is 1. The normalized spacial score (nSPS) is 16.1. The predicted octanol–water partition coefficient (Wildman–Crippen LogP) is 6.00. The first-order valence-corrected chi connectivity index (χ1v) is 12.3. The van der Waals surface area contributed by atoms with Gasteiger partial charge in [-0.1, -0.05) is 43.1 Å². The van der Waals surface area contributed by atoms with Gasteiger partial charge in [0.15, 0.2) is 5.69 Å². The largest absolute Gasteiger partial charge is 0.490 e. The number of aryl methyl sites for hydroxylation is 1. The molecule has 0 bridgehead atoms. The van der Waals surface area contributed by atoms with Crippen LogP contribution in [0.4, 0.5) is 5.69 Å². The number of benzene rings is 2. The van der Waals surface area contributed by atoms with Crippen molar-refractivity contribution >= 4 is 34.8 Å². The summed E-state index contributed by atoms with van der Waals surface area (Å²) in [6, 6.07) is 9.18. The minimum Gasteiger partial charge on any atom is -0.490 e. The number of nitrogens with zero attached hydrogens (tertiary/aromatic N) is 4. The van der Waals surface area contributed by atoms with Gasteiger partial charge in [0.25, 0.3) is 5.91 Å². The molecule has 2 aliphatic rings. The highest BCUT2D eigenvalue weighted by molar-refractivity contribution is 6.35. The summed E-state index contributed by atoms with van der Waals surface area (Å²) in [4.78, 5) is 17.8. The molecule has 3 aromatic rings. The zero-order valence-electron chi connectivity index (χ0n) is 20.0. The van der Waals surface area contributed by atoms with Crippen LogP contribution in [0.15, 0.2) is 30.3 Å². The number of fused-ring (bicyclic) bond motifs is 8. The molecule has 5 rings (SSSR count). The molecular weight excluding hydrogens is 471 g/mol. The van der Waals surface area contributed by atoms with Gasteiger partial charge in [-0.05, 0) is 62.3 Å². The van der Waals surface area contributed by atoms with Crippen LogP contribution in [0.2, 0.25) is 10.0 Å². The van der Waals surface area contributed by atoms with Gasteiger partial charge >= 0.3 is 0 Å². The highest BCUT2D eigenvalue weighted by Gasteiger charge is 2.49. The van der Waals surface area contributed by atoms with Crippen molar-refractivity contribution < 1.29 is 9.53 Å². The molecule has 6 nitrogen and oxygen atoms in total. The van der Waals surface area contributed by atoms with Crippen LogP contribution in [0.5, 0.6) is 5.75 Å². The molecule has 34 heavy (non-hydrogen) atoms. The monoisotopic (exact) mass is 498 g/mol. The van der Waals surface area contributed by atoms with Crippen molar-refractivity contribution in [3.8, 4) is 16.9 Å². The van der Waals surface area contributed by atoms with Crippen molar-refractivity contribution in [3.05, 3.63) is 62.9 Å². The summed E-state index contributed by atoms with van der Waals surface area (Å²) >= 11 is 13.2. The van der Waals surface area contributed by atoms with Crippen molar-refractivity contribution in [1.29, 1.82) is 0 Å². The fraction of sp³-hybridized carbons (Fsp3) is 0.385. The number of carbonyl (C=O) groups excluding carboxylic acids is 1. The topological polar surface area (TPSA) is 50.6 Å². The lowest BCUT2D eigenvalue weighted by Crippen LogP contribution is -2.34. The van der Waals surface area contributed by atoms with Crippen LogP contribution in [0.3, 0.4) is 0 Å². The quantitative estimate of drug-likeness (QED) is 0.417. The Kier molecular flexibility index (Phi) is 5.87. The summed E-state index contributed by atoms with van der Waals surface area (Å²) in [5.74, 6) is 0.705. The summed E-state index contributed by atoms with van der Waals surface area (Å²) < 4.78 is 8.18. The van der Waals surface area contributed by atoms with Crippen molar-refractivity contribution in [2.45, 2.75) is 39.3 Å². The Morgan fingerprint density at radius 1 is 1.18 bits per heavy atom. The van der Waals surface area contributed by atoms with Gasteiger partial charge < -0.3 is 9.64 Å². The lowest BCUT2D eigenvalue weighted by molar-refractivity contribution is 0.0986. The second-order valence-corrected chi connectivity index (χ2v) is 10.2. The van der Waals surface area contributed by atoms with E-state index in [-0.39, 0.29) is 17.9 Å². The van der Waals surface area contributed by atoms with Crippen LogP contribution >= 0.6 is 23.2 Å². The molecule has 8 heteroatoms. The number of carbonyl (C=O) groups is 1. The van der Waals surface area contributed by atoms with Gasteiger partial charge in [-0.15, -0.1) is 0 Å². The van der Waals surface area contributed by atoms with E-state index in [9.17, 15) is 4.79 Å². The molecule has 2 aliphatic heterocycles. The zero-order chi connectivity index (χ0) is 24.3. The first-order valence-electron chi connectivity index (χ1n) is 11.6. The van der Waals surface area contributed by atoms with E-state index in [4.69, 9.17) is 33.0 Å². The zero-order valence-corrected chi connectivity index (χ0v) is 21.5. The van der Waals surface area contributed by atoms with E-state index in [1.54, 1.807) is 0 Å². The second kappa shape index (κ2) is 8.59. The Morgan fingerprint density at radius 2 is 1.94 bits per heavy atom. The number of hydrogen-bond acceptors (Lipinski definition) is 4. The van der Waals surface area contributed by atoms with Crippen LogP contribution in [0.25, 0.3) is 11.1 Å². The van der Waals surface area contributed by atoms with E-state index in [0.717, 1.165) is 34.5 Å². The number of hydrogen-bond donors (Lipinski definition) is 0. The number of aromatic nitrogens is 2. The number of anilines is 1. The minimum absolute atomic E-state index is 0.129. The number of likely N-dealkylation sites (N-methyl/N-ethyl adjacent to an activating group) is 1. The molecule has 1 amide bonds. The Hall–Kier alpha value is -2.54. The summed E-state index contributed by atoms with van der Waals surface area (Å²) in [6.45, 7) is 8.27. The minimum atomic E-state index is -0.311. The fourth-order valence-corrected chi connectivity index (χ4v) is 5.56. The summed E-state index contributed by atoms with van der Waals surface area (Å²) in [7, 11) is 4.00. The van der Waals surface area contributed by atoms with Gasteiger partial charge in [0.1, 0.15) is 12.4 Å². The predicted molar refractivity (Wildman–Crippen MR) is 137 cm³/mol. The lowest BCUT2D eigenvalue weighted by atomic mass is 9.85. The van der Waals surface area contributed by atoms with Gasteiger partial charge in [-0.25, -0.2) is 0 Å². The van der Waals surface area contributed by atoms with Crippen LogP contribution in [-0.4, -0.2) is 47.8 Å². The van der Waals surface area contributed by atoms with Gasteiger partial charge in [-0.3, -0.25) is 14.4 Å². The van der Waals surface area contributed by atoms with E-state index < -0.39 is 0 Å². The SMILES string of the molecule is CCn1nc2c(c1C(C)C)C1c3ccc(Cl)cc3-c3c(Cl)ccc(OCCN(C)C)c3N1C2=O. The smallest absolute Gasteiger partial charge is 0.280 e. The Labute approximate surface area is 210 Å². The maximum Gasteiger partial charge on any atom is 0.280 e. The molecule has 0 N–H and O–H groups in total. The lowest BCUT2D eigenvalue weighted by Gasteiger charge is -2.36. The Morgan fingerprint density at radius 3 is 2.62 bits per heavy atom. The first kappa shape index (κ1) is 23.2. The molecule has 0 radical (unpaired) electrons. The maximum absolute atomic E-state index is 13.9. The average molecular weight is 499 g/mol. The maximum atomic E-state index is 13.9. The fourth-order valence-electron chi connectivity index (χ4n) is 5.13. The molecule has 0 spiro atoms. The number of rotatable bonds is 6. The van der Waals surface area contributed by atoms with E-state index in [0.29, 0.717) is 40.3 Å². The standard InChI is InChI=1S/C26H28Cl2N4O2/c1-6-31-23(14(2)3)21-22(29-31)26(33)32-24(21)16-8-7-15(27)13-17(16)20-18(28)9-10-19(25(20)32)34-12-11-30(4)5/h7-10,13-14,24H,6,11-12H2,1-5H3. The average Bonchev–Trinajstić information content (AvgIpc) is 3.30. The molecule has 178 valence electrons. The van der Waals surface area contributed by atoms with E-state index >= 15 is 0 Å². The molecule has 0 aliphatic carbocycles. The van der Waals surface area contributed by atoms with Crippen LogP contribution in [-0.2, 0) is 6.54 Å². The van der Waals surface area contributed by atoms with Gasteiger partial charge in [0.05, 0.1) is 16.8 Å². The molecule has 1 unspecified atom stereocenters. The summed E-state index contributed by atoms with van der Waals surface area (Å²) in [5, 5.41) is 5.92. The van der Waals surface area contributed by atoms with E-state index in [1.807, 2.05) is 54.0 Å². The molecule has 0 fully saturated rings. The van der Waals surface area contributed by atoms with Crippen molar-refractivity contribution in [2.75, 3.05) is 32.1 Å². The first-order chi connectivity index (χ1) is 16.2. The molecule has 3 heterocycles. The van der Waals surface area contributed by atoms with E-state index in [2.05, 4.69) is 25.7 Å².